The van der Waals surface area contributed by atoms with Gasteiger partial charge < -0.3 is 9.47 Å². The van der Waals surface area contributed by atoms with Crippen molar-refractivity contribution < 1.29 is 19.1 Å². The largest absolute Gasteiger partial charge is 0.462 e. The van der Waals surface area contributed by atoms with E-state index in [-0.39, 0.29) is 18.0 Å². The number of hydrogen-bond donors (Lipinski definition) is 0. The first-order chi connectivity index (χ1) is 10.6. The Morgan fingerprint density at radius 1 is 1.09 bits per heavy atom. The van der Waals surface area contributed by atoms with Crippen molar-refractivity contribution in [1.29, 1.82) is 0 Å². The van der Waals surface area contributed by atoms with E-state index in [2.05, 4.69) is 0 Å². The van der Waals surface area contributed by atoms with Gasteiger partial charge in [0.2, 0.25) is 0 Å². The molecule has 22 heavy (non-hydrogen) atoms. The number of ether oxygens (including phenoxy) is 2. The molecule has 0 amide bonds. The molecule has 1 aliphatic rings. The SMILES string of the molecule is CC(C)COC(=O)c1cccc(C(=O)OC2CCCCC2)c1. The summed E-state index contributed by atoms with van der Waals surface area (Å²) in [7, 11) is 0. The second kappa shape index (κ2) is 7.97. The van der Waals surface area contributed by atoms with Gasteiger partial charge in [0, 0.05) is 0 Å². The van der Waals surface area contributed by atoms with Crippen molar-refractivity contribution in [1.82, 2.24) is 0 Å². The van der Waals surface area contributed by atoms with E-state index in [9.17, 15) is 9.59 Å². The molecule has 0 unspecified atom stereocenters. The summed E-state index contributed by atoms with van der Waals surface area (Å²) in [6, 6.07) is 6.56. The van der Waals surface area contributed by atoms with Gasteiger partial charge in [-0.2, -0.15) is 0 Å². The molecule has 4 heteroatoms. The number of carbonyl (C=O) groups excluding carboxylic acids is 2. The summed E-state index contributed by atoms with van der Waals surface area (Å²) in [5.74, 6) is -0.477. The topological polar surface area (TPSA) is 52.6 Å². The molecule has 1 aromatic rings. The molecule has 1 saturated carbocycles. The molecule has 0 spiro atoms. The Hall–Kier alpha value is -1.84. The molecule has 0 saturated heterocycles. The third-order valence-electron chi connectivity index (χ3n) is 3.71. The van der Waals surface area contributed by atoms with Crippen LogP contribution in [0.2, 0.25) is 0 Å². The van der Waals surface area contributed by atoms with Gasteiger partial charge in [-0.3, -0.25) is 0 Å². The van der Waals surface area contributed by atoms with Crippen LogP contribution in [0.1, 0.15) is 66.7 Å². The smallest absolute Gasteiger partial charge is 0.338 e. The van der Waals surface area contributed by atoms with E-state index in [4.69, 9.17) is 9.47 Å². The summed E-state index contributed by atoms with van der Waals surface area (Å²) in [4.78, 5) is 24.1. The molecule has 4 nitrogen and oxygen atoms in total. The Kier molecular flexibility index (Phi) is 5.99. The fourth-order valence-electron chi connectivity index (χ4n) is 2.50. The third-order valence-corrected chi connectivity index (χ3v) is 3.71. The molecule has 0 radical (unpaired) electrons. The van der Waals surface area contributed by atoms with Gasteiger partial charge in [-0.05, 0) is 49.8 Å². The first-order valence-electron chi connectivity index (χ1n) is 8.04. The monoisotopic (exact) mass is 304 g/mol. The third kappa shape index (κ3) is 4.86. The molecule has 0 heterocycles. The van der Waals surface area contributed by atoms with Crippen LogP contribution in [0.15, 0.2) is 24.3 Å². The lowest BCUT2D eigenvalue weighted by molar-refractivity contribution is 0.0211. The van der Waals surface area contributed by atoms with Crippen LogP contribution in [0, 0.1) is 5.92 Å². The molecule has 0 aliphatic heterocycles. The van der Waals surface area contributed by atoms with E-state index < -0.39 is 5.97 Å². The maximum atomic E-state index is 12.2. The van der Waals surface area contributed by atoms with Crippen molar-refractivity contribution in [2.75, 3.05) is 6.61 Å². The molecular formula is C18H24O4. The summed E-state index contributed by atoms with van der Waals surface area (Å²) in [5.41, 5.74) is 0.795. The van der Waals surface area contributed by atoms with Crippen molar-refractivity contribution in [2.45, 2.75) is 52.1 Å². The predicted molar refractivity (Wildman–Crippen MR) is 83.9 cm³/mol. The van der Waals surface area contributed by atoms with Gasteiger partial charge in [-0.1, -0.05) is 26.3 Å². The molecular weight excluding hydrogens is 280 g/mol. The zero-order valence-electron chi connectivity index (χ0n) is 13.3. The minimum Gasteiger partial charge on any atom is -0.462 e. The molecule has 2 rings (SSSR count). The van der Waals surface area contributed by atoms with Crippen LogP contribution >= 0.6 is 0 Å². The van der Waals surface area contributed by atoms with E-state index in [1.807, 2.05) is 13.8 Å². The molecule has 1 aliphatic carbocycles. The normalized spacial score (nSPS) is 15.6. The van der Waals surface area contributed by atoms with Crippen molar-refractivity contribution in [2.24, 2.45) is 5.92 Å². The van der Waals surface area contributed by atoms with Crippen LogP contribution in [0.3, 0.4) is 0 Å². The first kappa shape index (κ1) is 16.5. The fraction of sp³-hybridized carbons (Fsp3) is 0.556. The lowest BCUT2D eigenvalue weighted by Gasteiger charge is -2.21. The van der Waals surface area contributed by atoms with Crippen molar-refractivity contribution >= 4 is 11.9 Å². The Morgan fingerprint density at radius 3 is 2.36 bits per heavy atom. The minimum atomic E-state index is -0.402. The summed E-state index contributed by atoms with van der Waals surface area (Å²) in [6.07, 6.45) is 5.31. The first-order valence-corrected chi connectivity index (χ1v) is 8.04. The Labute approximate surface area is 131 Å². The Balaban J connectivity index is 1.97. The standard InChI is InChI=1S/C18H24O4/c1-13(2)12-21-17(19)14-7-6-8-15(11-14)18(20)22-16-9-4-3-5-10-16/h6-8,11,13,16H,3-5,9-10,12H2,1-2H3. The summed E-state index contributed by atoms with van der Waals surface area (Å²) in [5, 5.41) is 0. The van der Waals surface area contributed by atoms with Crippen LogP contribution in [-0.2, 0) is 9.47 Å². The average Bonchev–Trinajstić information content (AvgIpc) is 2.53. The van der Waals surface area contributed by atoms with Crippen molar-refractivity contribution in [3.8, 4) is 0 Å². The van der Waals surface area contributed by atoms with Crippen molar-refractivity contribution in [3.05, 3.63) is 35.4 Å². The van der Waals surface area contributed by atoms with E-state index in [0.717, 1.165) is 25.7 Å². The summed E-state index contributed by atoms with van der Waals surface area (Å²) in [6.45, 7) is 4.33. The van der Waals surface area contributed by atoms with Crippen LogP contribution in [0.4, 0.5) is 0 Å². The van der Waals surface area contributed by atoms with E-state index in [1.165, 1.54) is 6.42 Å². The van der Waals surface area contributed by atoms with Gasteiger partial charge in [0.1, 0.15) is 6.10 Å². The Bertz CT molecular complexity index is 516. The van der Waals surface area contributed by atoms with E-state index in [0.29, 0.717) is 17.7 Å². The maximum Gasteiger partial charge on any atom is 0.338 e. The van der Waals surface area contributed by atoms with Crippen LogP contribution in [0.25, 0.3) is 0 Å². The maximum absolute atomic E-state index is 12.2. The molecule has 1 aromatic carbocycles. The average molecular weight is 304 g/mol. The zero-order chi connectivity index (χ0) is 15.9. The molecule has 0 atom stereocenters. The molecule has 0 bridgehead atoms. The van der Waals surface area contributed by atoms with E-state index >= 15 is 0 Å². The van der Waals surface area contributed by atoms with Gasteiger partial charge in [0.15, 0.2) is 0 Å². The fourth-order valence-corrected chi connectivity index (χ4v) is 2.50. The number of esters is 2. The van der Waals surface area contributed by atoms with Crippen LogP contribution in [0.5, 0.6) is 0 Å². The Morgan fingerprint density at radius 2 is 1.73 bits per heavy atom. The number of benzene rings is 1. The summed E-state index contributed by atoms with van der Waals surface area (Å²) >= 11 is 0. The second-order valence-corrected chi connectivity index (χ2v) is 6.24. The van der Waals surface area contributed by atoms with Gasteiger partial charge in [-0.15, -0.1) is 0 Å². The van der Waals surface area contributed by atoms with E-state index in [1.54, 1.807) is 24.3 Å². The highest BCUT2D eigenvalue weighted by atomic mass is 16.5. The number of carbonyl (C=O) groups is 2. The minimum absolute atomic E-state index is 0.0119. The second-order valence-electron chi connectivity index (χ2n) is 6.24. The molecule has 120 valence electrons. The number of rotatable bonds is 5. The molecule has 0 N–H and O–H groups in total. The van der Waals surface area contributed by atoms with Crippen LogP contribution in [-0.4, -0.2) is 24.6 Å². The van der Waals surface area contributed by atoms with Gasteiger partial charge >= 0.3 is 11.9 Å². The quantitative estimate of drug-likeness (QED) is 0.772. The lowest BCUT2D eigenvalue weighted by Crippen LogP contribution is -2.21. The highest BCUT2D eigenvalue weighted by Gasteiger charge is 2.19. The van der Waals surface area contributed by atoms with Gasteiger partial charge in [0.25, 0.3) is 0 Å². The predicted octanol–water partition coefficient (Wildman–Crippen LogP) is 3.99. The molecule has 1 fully saturated rings. The number of hydrogen-bond acceptors (Lipinski definition) is 4. The highest BCUT2D eigenvalue weighted by molar-refractivity contribution is 5.95. The summed E-state index contributed by atoms with van der Waals surface area (Å²) < 4.78 is 10.7. The lowest BCUT2D eigenvalue weighted by atomic mass is 9.98. The molecule has 0 aromatic heterocycles. The van der Waals surface area contributed by atoms with Crippen molar-refractivity contribution in [3.63, 3.8) is 0 Å². The van der Waals surface area contributed by atoms with Gasteiger partial charge in [0.05, 0.1) is 17.7 Å². The van der Waals surface area contributed by atoms with Crippen LogP contribution < -0.4 is 0 Å². The zero-order valence-corrected chi connectivity index (χ0v) is 13.3. The van der Waals surface area contributed by atoms with Gasteiger partial charge in [-0.25, -0.2) is 9.59 Å². The highest BCUT2D eigenvalue weighted by Crippen LogP contribution is 2.21.